The normalized spacial score (nSPS) is 34.0. The van der Waals surface area contributed by atoms with Crippen molar-refractivity contribution in [3.05, 3.63) is 0 Å². The first-order valence-corrected chi connectivity index (χ1v) is 8.88. The van der Waals surface area contributed by atoms with Gasteiger partial charge in [-0.15, -0.1) is 0 Å². The molecule has 3 atom stereocenters. The molecule has 0 amide bonds. The van der Waals surface area contributed by atoms with Gasteiger partial charge in [-0.1, -0.05) is 13.3 Å². The number of hydrogen-bond acceptors (Lipinski definition) is 4. The molecule has 2 rings (SSSR count). The van der Waals surface area contributed by atoms with Gasteiger partial charge in [-0.05, 0) is 39.4 Å². The van der Waals surface area contributed by atoms with Gasteiger partial charge in [-0.25, -0.2) is 8.42 Å². The lowest BCUT2D eigenvalue weighted by molar-refractivity contribution is 0.263. The molecule has 0 aromatic heterocycles. The van der Waals surface area contributed by atoms with Gasteiger partial charge in [0.1, 0.15) is 0 Å². The Morgan fingerprint density at radius 2 is 2.00 bits per heavy atom. The Balaban J connectivity index is 1.96. The number of piperidine rings is 1. The van der Waals surface area contributed by atoms with E-state index in [0.717, 1.165) is 19.4 Å². The van der Waals surface area contributed by atoms with Crippen LogP contribution in [0.1, 0.15) is 26.2 Å². The molecule has 2 aliphatic rings. The van der Waals surface area contributed by atoms with E-state index in [4.69, 9.17) is 0 Å². The second-order valence-electron chi connectivity index (χ2n) is 6.25. The molecule has 0 saturated carbocycles. The Labute approximate surface area is 117 Å². The quantitative estimate of drug-likeness (QED) is 0.811. The van der Waals surface area contributed by atoms with E-state index in [1.165, 1.54) is 6.42 Å². The van der Waals surface area contributed by atoms with Crippen LogP contribution in [0.15, 0.2) is 0 Å². The fraction of sp³-hybridized carbons (Fsp3) is 1.00. The molecule has 0 aromatic carbocycles. The van der Waals surface area contributed by atoms with Crippen molar-refractivity contribution in [2.45, 2.75) is 38.3 Å². The molecular weight excluding hydrogens is 262 g/mol. The van der Waals surface area contributed by atoms with E-state index in [2.05, 4.69) is 17.1 Å². The second kappa shape index (κ2) is 6.08. The molecular formula is C13H27N3O2S. The lowest BCUT2D eigenvalue weighted by Gasteiger charge is -2.26. The molecule has 2 fully saturated rings. The van der Waals surface area contributed by atoms with Gasteiger partial charge in [-0.2, -0.15) is 4.31 Å². The van der Waals surface area contributed by atoms with Crippen LogP contribution in [0.4, 0.5) is 0 Å². The van der Waals surface area contributed by atoms with E-state index >= 15 is 0 Å². The molecule has 6 heteroatoms. The van der Waals surface area contributed by atoms with Crippen LogP contribution in [-0.2, 0) is 10.0 Å². The zero-order chi connectivity index (χ0) is 14.0. The maximum Gasteiger partial charge on any atom is 0.215 e. The zero-order valence-electron chi connectivity index (χ0n) is 12.3. The Kier molecular flexibility index (Phi) is 4.87. The minimum atomic E-state index is -3.11. The molecule has 0 aromatic rings. The lowest BCUT2D eigenvalue weighted by Crippen LogP contribution is -2.44. The monoisotopic (exact) mass is 289 g/mol. The van der Waals surface area contributed by atoms with E-state index in [1.807, 2.05) is 14.1 Å². The van der Waals surface area contributed by atoms with Gasteiger partial charge >= 0.3 is 0 Å². The average Bonchev–Trinajstić information content (AvgIpc) is 2.73. The van der Waals surface area contributed by atoms with Gasteiger partial charge in [0.15, 0.2) is 0 Å². The summed E-state index contributed by atoms with van der Waals surface area (Å²) in [6.07, 6.45) is 3.30. The van der Waals surface area contributed by atoms with Crippen molar-refractivity contribution in [1.29, 1.82) is 0 Å². The number of nitrogens with zero attached hydrogens (tertiary/aromatic N) is 2. The van der Waals surface area contributed by atoms with Crippen molar-refractivity contribution in [3.8, 4) is 0 Å². The largest absolute Gasteiger partial charge is 0.313 e. The van der Waals surface area contributed by atoms with Gasteiger partial charge < -0.3 is 10.2 Å². The number of rotatable bonds is 4. The summed E-state index contributed by atoms with van der Waals surface area (Å²) in [5.41, 5.74) is 0. The Bertz CT molecular complexity index is 391. The van der Waals surface area contributed by atoms with E-state index < -0.39 is 10.0 Å². The number of nitrogens with one attached hydrogen (secondary N) is 1. The van der Waals surface area contributed by atoms with Crippen molar-refractivity contribution < 1.29 is 8.42 Å². The molecule has 2 aliphatic heterocycles. The number of sulfonamides is 1. The van der Waals surface area contributed by atoms with E-state index in [-0.39, 0.29) is 11.8 Å². The third-order valence-corrected chi connectivity index (χ3v) is 6.33. The van der Waals surface area contributed by atoms with Gasteiger partial charge in [0.2, 0.25) is 10.0 Å². The summed E-state index contributed by atoms with van der Waals surface area (Å²) in [6, 6.07) is 0.488. The highest BCUT2D eigenvalue weighted by Crippen LogP contribution is 2.23. The fourth-order valence-electron chi connectivity index (χ4n) is 3.23. The summed E-state index contributed by atoms with van der Waals surface area (Å²) < 4.78 is 26.7. The third-order valence-electron chi connectivity index (χ3n) is 4.42. The SMILES string of the molecule is CC1CN(S(=O)(=O)CC2CCCCN2)CC1N(C)C. The molecule has 0 radical (unpaired) electrons. The zero-order valence-corrected chi connectivity index (χ0v) is 13.1. The molecule has 19 heavy (non-hydrogen) atoms. The molecule has 2 saturated heterocycles. The summed E-state index contributed by atoms with van der Waals surface area (Å²) >= 11 is 0. The first kappa shape index (κ1) is 15.2. The summed E-state index contributed by atoms with van der Waals surface area (Å²) in [5, 5.41) is 3.33. The predicted octanol–water partition coefficient (Wildman–Crippen LogP) is 0.340. The van der Waals surface area contributed by atoms with Crippen LogP contribution < -0.4 is 5.32 Å². The van der Waals surface area contributed by atoms with Crippen LogP contribution in [0.3, 0.4) is 0 Å². The Morgan fingerprint density at radius 1 is 1.26 bits per heavy atom. The number of likely N-dealkylation sites (N-methyl/N-ethyl adjacent to an activating group) is 1. The van der Waals surface area contributed by atoms with Crippen LogP contribution >= 0.6 is 0 Å². The Morgan fingerprint density at radius 3 is 2.53 bits per heavy atom. The van der Waals surface area contributed by atoms with Crippen molar-refractivity contribution >= 4 is 10.0 Å². The highest BCUT2D eigenvalue weighted by atomic mass is 32.2. The topological polar surface area (TPSA) is 52.7 Å². The van der Waals surface area contributed by atoms with Crippen molar-refractivity contribution in [3.63, 3.8) is 0 Å². The molecule has 0 bridgehead atoms. The van der Waals surface area contributed by atoms with Gasteiger partial charge in [0.25, 0.3) is 0 Å². The summed E-state index contributed by atoms with van der Waals surface area (Å²) in [7, 11) is 0.941. The first-order valence-electron chi connectivity index (χ1n) is 7.28. The minimum absolute atomic E-state index is 0.146. The fourth-order valence-corrected chi connectivity index (χ4v) is 5.08. The van der Waals surface area contributed by atoms with E-state index in [1.54, 1.807) is 4.31 Å². The predicted molar refractivity (Wildman–Crippen MR) is 77.6 cm³/mol. The standard InChI is InChI=1S/C13H27N3O2S/c1-11-8-16(9-13(11)15(2)3)19(17,18)10-12-6-4-5-7-14-12/h11-14H,4-10H2,1-3H3. The minimum Gasteiger partial charge on any atom is -0.313 e. The van der Waals surface area contributed by atoms with Crippen molar-refractivity contribution in [2.24, 2.45) is 5.92 Å². The molecule has 5 nitrogen and oxygen atoms in total. The highest BCUT2D eigenvalue weighted by Gasteiger charge is 2.38. The van der Waals surface area contributed by atoms with E-state index in [9.17, 15) is 8.42 Å². The van der Waals surface area contributed by atoms with Crippen LogP contribution in [0.2, 0.25) is 0 Å². The molecule has 2 heterocycles. The molecule has 1 N–H and O–H groups in total. The third kappa shape index (κ3) is 3.68. The second-order valence-corrected chi connectivity index (χ2v) is 8.26. The van der Waals surface area contributed by atoms with Crippen LogP contribution in [0, 0.1) is 5.92 Å². The van der Waals surface area contributed by atoms with Gasteiger partial charge in [0, 0.05) is 25.2 Å². The Hall–Kier alpha value is -0.170. The van der Waals surface area contributed by atoms with Crippen LogP contribution in [0.25, 0.3) is 0 Å². The van der Waals surface area contributed by atoms with Crippen molar-refractivity contribution in [2.75, 3.05) is 39.5 Å². The first-order chi connectivity index (χ1) is 8.90. The molecule has 112 valence electrons. The molecule has 0 spiro atoms. The summed E-state index contributed by atoms with van der Waals surface area (Å²) in [5.74, 6) is 0.670. The molecule has 3 unspecified atom stereocenters. The maximum atomic E-state index is 12.5. The van der Waals surface area contributed by atoms with E-state index in [0.29, 0.717) is 25.0 Å². The average molecular weight is 289 g/mol. The van der Waals surface area contributed by atoms with Gasteiger partial charge in [-0.3, -0.25) is 0 Å². The lowest BCUT2D eigenvalue weighted by atomic mass is 10.1. The molecule has 0 aliphatic carbocycles. The maximum absolute atomic E-state index is 12.5. The van der Waals surface area contributed by atoms with Gasteiger partial charge in [0.05, 0.1) is 5.75 Å². The summed E-state index contributed by atoms with van der Waals surface area (Å²) in [6.45, 7) is 4.40. The number of hydrogen-bond donors (Lipinski definition) is 1. The van der Waals surface area contributed by atoms with Crippen LogP contribution in [0.5, 0.6) is 0 Å². The summed E-state index contributed by atoms with van der Waals surface area (Å²) in [4.78, 5) is 2.14. The smallest absolute Gasteiger partial charge is 0.215 e. The highest BCUT2D eigenvalue weighted by molar-refractivity contribution is 7.89. The van der Waals surface area contributed by atoms with Crippen molar-refractivity contribution in [1.82, 2.24) is 14.5 Å². The van der Waals surface area contributed by atoms with Crippen LogP contribution in [-0.4, -0.2) is 69.2 Å².